The second kappa shape index (κ2) is 7.43. The summed E-state index contributed by atoms with van der Waals surface area (Å²) in [6.45, 7) is 6.01. The maximum Gasteiger partial charge on any atom is 0.0594 e. The normalized spacial score (nSPS) is 13.0. The van der Waals surface area contributed by atoms with Gasteiger partial charge >= 0.3 is 0 Å². The van der Waals surface area contributed by atoms with Crippen molar-refractivity contribution in [3.05, 3.63) is 35.4 Å². The van der Waals surface area contributed by atoms with Gasteiger partial charge in [0.05, 0.1) is 6.61 Å². The predicted molar refractivity (Wildman–Crippen MR) is 72.2 cm³/mol. The van der Waals surface area contributed by atoms with E-state index in [2.05, 4.69) is 43.4 Å². The summed E-state index contributed by atoms with van der Waals surface area (Å²) in [5.41, 5.74) is 8.30. The molecule has 1 aromatic carbocycles. The molecule has 3 nitrogen and oxygen atoms in total. The molecule has 0 aliphatic rings. The van der Waals surface area contributed by atoms with Crippen LogP contribution in [0.4, 0.5) is 0 Å². The van der Waals surface area contributed by atoms with Gasteiger partial charge < -0.3 is 16.2 Å². The summed E-state index contributed by atoms with van der Waals surface area (Å²) in [5.74, 6) is 0.588. The zero-order chi connectivity index (χ0) is 12.7. The monoisotopic (exact) mass is 236 g/mol. The zero-order valence-electron chi connectivity index (χ0n) is 10.8. The molecule has 3 heteroatoms. The van der Waals surface area contributed by atoms with Crippen molar-refractivity contribution in [3.8, 4) is 0 Å². The van der Waals surface area contributed by atoms with Gasteiger partial charge in [-0.2, -0.15) is 0 Å². The van der Waals surface area contributed by atoms with E-state index in [0.717, 1.165) is 13.0 Å². The Morgan fingerprint density at radius 2 is 1.88 bits per heavy atom. The van der Waals surface area contributed by atoms with Gasteiger partial charge in [-0.05, 0) is 30.0 Å². The molecule has 4 N–H and O–H groups in total. The highest BCUT2D eigenvalue weighted by Crippen LogP contribution is 2.14. The minimum Gasteiger partial charge on any atom is -0.395 e. The van der Waals surface area contributed by atoms with Crippen molar-refractivity contribution in [1.29, 1.82) is 0 Å². The van der Waals surface area contributed by atoms with Crippen molar-refractivity contribution in [1.82, 2.24) is 5.32 Å². The number of nitrogens with one attached hydrogen (secondary N) is 1. The van der Waals surface area contributed by atoms with Crippen LogP contribution in [0.3, 0.4) is 0 Å². The highest BCUT2D eigenvalue weighted by molar-refractivity contribution is 5.24. The number of hydrogen-bond acceptors (Lipinski definition) is 3. The Labute approximate surface area is 104 Å². The van der Waals surface area contributed by atoms with E-state index >= 15 is 0 Å². The SMILES string of the molecule is CC(C)c1ccc(CCNCC(N)CO)cc1. The number of aliphatic hydroxyl groups excluding tert-OH is 1. The highest BCUT2D eigenvalue weighted by Gasteiger charge is 2.00. The maximum absolute atomic E-state index is 8.77. The molecule has 1 unspecified atom stereocenters. The third-order valence-corrected chi connectivity index (χ3v) is 2.88. The van der Waals surface area contributed by atoms with Gasteiger partial charge in [-0.15, -0.1) is 0 Å². The fraction of sp³-hybridized carbons (Fsp3) is 0.571. The summed E-state index contributed by atoms with van der Waals surface area (Å²) in [6, 6.07) is 8.60. The van der Waals surface area contributed by atoms with Gasteiger partial charge in [-0.25, -0.2) is 0 Å². The Kier molecular flexibility index (Phi) is 6.19. The predicted octanol–water partition coefficient (Wildman–Crippen LogP) is 1.26. The standard InChI is InChI=1S/C14H24N2O/c1-11(2)13-5-3-12(4-6-13)7-8-16-9-14(15)10-17/h3-6,11,14,16-17H,7-10,15H2,1-2H3. The first-order chi connectivity index (χ1) is 8.13. The van der Waals surface area contributed by atoms with Crippen LogP contribution >= 0.6 is 0 Å². The molecule has 0 aromatic heterocycles. The Morgan fingerprint density at radius 3 is 2.41 bits per heavy atom. The third kappa shape index (κ3) is 5.31. The molecule has 0 fully saturated rings. The van der Waals surface area contributed by atoms with E-state index in [0.29, 0.717) is 12.5 Å². The second-order valence-electron chi connectivity index (χ2n) is 4.79. The molecular weight excluding hydrogens is 212 g/mol. The minimum absolute atomic E-state index is 0.0378. The number of aliphatic hydroxyl groups is 1. The fourth-order valence-corrected chi connectivity index (χ4v) is 1.65. The van der Waals surface area contributed by atoms with Crippen LogP contribution in [0.15, 0.2) is 24.3 Å². The first-order valence-corrected chi connectivity index (χ1v) is 6.29. The van der Waals surface area contributed by atoms with E-state index in [4.69, 9.17) is 10.8 Å². The third-order valence-electron chi connectivity index (χ3n) is 2.88. The Balaban J connectivity index is 2.28. The smallest absolute Gasteiger partial charge is 0.0594 e. The molecular formula is C14H24N2O. The molecule has 0 saturated carbocycles. The number of hydrogen-bond donors (Lipinski definition) is 3. The lowest BCUT2D eigenvalue weighted by Crippen LogP contribution is -2.37. The zero-order valence-corrected chi connectivity index (χ0v) is 10.8. The molecule has 0 radical (unpaired) electrons. The van der Waals surface area contributed by atoms with Crippen LogP contribution in [-0.2, 0) is 6.42 Å². The van der Waals surface area contributed by atoms with E-state index in [1.54, 1.807) is 0 Å². The topological polar surface area (TPSA) is 58.3 Å². The van der Waals surface area contributed by atoms with Gasteiger partial charge in [-0.1, -0.05) is 38.1 Å². The molecule has 0 spiro atoms. The second-order valence-corrected chi connectivity index (χ2v) is 4.79. The van der Waals surface area contributed by atoms with Crippen LogP contribution in [0.1, 0.15) is 30.9 Å². The van der Waals surface area contributed by atoms with Crippen molar-refractivity contribution in [3.63, 3.8) is 0 Å². The molecule has 1 aromatic rings. The van der Waals surface area contributed by atoms with Gasteiger partial charge in [0.25, 0.3) is 0 Å². The fourth-order valence-electron chi connectivity index (χ4n) is 1.65. The van der Waals surface area contributed by atoms with Gasteiger partial charge in [0.1, 0.15) is 0 Å². The Bertz CT molecular complexity index is 309. The van der Waals surface area contributed by atoms with Crippen molar-refractivity contribution in [2.24, 2.45) is 5.73 Å². The molecule has 1 atom stereocenters. The lowest BCUT2D eigenvalue weighted by atomic mass is 10.0. The van der Waals surface area contributed by atoms with E-state index in [-0.39, 0.29) is 12.6 Å². The summed E-state index contributed by atoms with van der Waals surface area (Å²) in [4.78, 5) is 0. The molecule has 0 saturated heterocycles. The lowest BCUT2D eigenvalue weighted by Gasteiger charge is -2.10. The van der Waals surface area contributed by atoms with E-state index < -0.39 is 0 Å². The molecule has 0 aliphatic carbocycles. The Hall–Kier alpha value is -0.900. The minimum atomic E-state index is -0.154. The van der Waals surface area contributed by atoms with Crippen LogP contribution < -0.4 is 11.1 Å². The van der Waals surface area contributed by atoms with Gasteiger partial charge in [0, 0.05) is 12.6 Å². The largest absolute Gasteiger partial charge is 0.395 e. The van der Waals surface area contributed by atoms with Crippen molar-refractivity contribution < 1.29 is 5.11 Å². The van der Waals surface area contributed by atoms with Crippen molar-refractivity contribution in [2.45, 2.75) is 32.2 Å². The molecule has 96 valence electrons. The van der Waals surface area contributed by atoms with Crippen LogP contribution in [0, 0.1) is 0 Å². The summed E-state index contributed by atoms with van der Waals surface area (Å²) in [7, 11) is 0. The van der Waals surface area contributed by atoms with Crippen molar-refractivity contribution >= 4 is 0 Å². The lowest BCUT2D eigenvalue weighted by molar-refractivity contribution is 0.262. The number of nitrogens with two attached hydrogens (primary N) is 1. The van der Waals surface area contributed by atoms with Gasteiger partial charge in [-0.3, -0.25) is 0 Å². The molecule has 17 heavy (non-hydrogen) atoms. The number of benzene rings is 1. The molecule has 0 heterocycles. The quantitative estimate of drug-likeness (QED) is 0.625. The van der Waals surface area contributed by atoms with E-state index in [9.17, 15) is 0 Å². The first-order valence-electron chi connectivity index (χ1n) is 6.29. The van der Waals surface area contributed by atoms with E-state index in [1.807, 2.05) is 0 Å². The van der Waals surface area contributed by atoms with E-state index in [1.165, 1.54) is 11.1 Å². The van der Waals surface area contributed by atoms with Crippen LogP contribution in [0.25, 0.3) is 0 Å². The number of rotatable bonds is 7. The maximum atomic E-state index is 8.77. The van der Waals surface area contributed by atoms with Crippen LogP contribution in [-0.4, -0.2) is 30.8 Å². The highest BCUT2D eigenvalue weighted by atomic mass is 16.3. The summed E-state index contributed by atoms with van der Waals surface area (Å²) in [5, 5.41) is 12.0. The summed E-state index contributed by atoms with van der Waals surface area (Å²) >= 11 is 0. The molecule has 0 amide bonds. The summed E-state index contributed by atoms with van der Waals surface area (Å²) < 4.78 is 0. The van der Waals surface area contributed by atoms with Crippen LogP contribution in [0.2, 0.25) is 0 Å². The molecule has 0 aliphatic heterocycles. The summed E-state index contributed by atoms with van der Waals surface area (Å²) in [6.07, 6.45) is 0.997. The Morgan fingerprint density at radius 1 is 1.24 bits per heavy atom. The van der Waals surface area contributed by atoms with Gasteiger partial charge in [0.2, 0.25) is 0 Å². The average molecular weight is 236 g/mol. The van der Waals surface area contributed by atoms with Crippen molar-refractivity contribution in [2.75, 3.05) is 19.7 Å². The average Bonchev–Trinajstić information content (AvgIpc) is 2.34. The van der Waals surface area contributed by atoms with Crippen LogP contribution in [0.5, 0.6) is 0 Å². The first kappa shape index (κ1) is 14.2. The molecule has 1 rings (SSSR count). The van der Waals surface area contributed by atoms with Gasteiger partial charge in [0.15, 0.2) is 0 Å². The molecule has 0 bridgehead atoms.